The van der Waals surface area contributed by atoms with Gasteiger partial charge in [-0.15, -0.1) is 0 Å². The van der Waals surface area contributed by atoms with Crippen LogP contribution in [-0.2, 0) is 15.4 Å². The number of phenols is 1. The number of phenolic OH excluding ortho intramolecular Hbond substituents is 1. The van der Waals surface area contributed by atoms with E-state index < -0.39 is 10.0 Å². The molecule has 0 unspecified atom stereocenters. The molecule has 0 spiro atoms. The fourth-order valence-corrected chi connectivity index (χ4v) is 3.90. The highest BCUT2D eigenvalue weighted by molar-refractivity contribution is 7.92. The Labute approximate surface area is 163 Å². The first-order valence-electron chi connectivity index (χ1n) is 9.55. The minimum atomic E-state index is -3.40. The maximum absolute atomic E-state index is 11.6. The number of sulfonamides is 1. The van der Waals surface area contributed by atoms with E-state index in [2.05, 4.69) is 25.5 Å². The number of para-hydroxylation sites is 1. The molecule has 148 valence electrons. The third-order valence-corrected chi connectivity index (χ3v) is 5.54. The van der Waals surface area contributed by atoms with Crippen LogP contribution in [0.4, 0.5) is 5.69 Å². The fourth-order valence-electron chi connectivity index (χ4n) is 3.33. The van der Waals surface area contributed by atoms with Gasteiger partial charge in [-0.05, 0) is 29.5 Å². The zero-order valence-electron chi connectivity index (χ0n) is 16.7. The number of anilines is 1. The second kappa shape index (κ2) is 8.79. The smallest absolute Gasteiger partial charge is 0.229 e. The molecule has 2 aromatic carbocycles. The van der Waals surface area contributed by atoms with E-state index in [0.29, 0.717) is 16.8 Å². The standard InChI is InChI=1S/C22H31NO3S/c1-5-6-7-10-15-22(2,3)17-13-14-19(21(24)16-17)18-11-8-9-12-20(18)23-27(4,25)26/h8-9,11-14,16,23-24H,5-7,10,15H2,1-4H3. The summed E-state index contributed by atoms with van der Waals surface area (Å²) >= 11 is 0. The lowest BCUT2D eigenvalue weighted by Crippen LogP contribution is -2.17. The van der Waals surface area contributed by atoms with E-state index in [0.717, 1.165) is 18.2 Å². The predicted octanol–water partition coefficient (Wildman–Crippen LogP) is 5.68. The van der Waals surface area contributed by atoms with Crippen LogP contribution in [0.3, 0.4) is 0 Å². The van der Waals surface area contributed by atoms with Gasteiger partial charge in [-0.25, -0.2) is 8.42 Å². The van der Waals surface area contributed by atoms with Gasteiger partial charge in [-0.2, -0.15) is 0 Å². The van der Waals surface area contributed by atoms with Crippen LogP contribution in [0.15, 0.2) is 42.5 Å². The maximum Gasteiger partial charge on any atom is 0.229 e. The summed E-state index contributed by atoms with van der Waals surface area (Å²) in [6, 6.07) is 12.8. The van der Waals surface area contributed by atoms with E-state index in [1.807, 2.05) is 24.3 Å². The van der Waals surface area contributed by atoms with Crippen molar-refractivity contribution in [3.8, 4) is 16.9 Å². The first-order chi connectivity index (χ1) is 12.6. The Morgan fingerprint density at radius 1 is 1.00 bits per heavy atom. The molecule has 2 aromatic rings. The molecule has 0 heterocycles. The summed E-state index contributed by atoms with van der Waals surface area (Å²) < 4.78 is 25.8. The Hall–Kier alpha value is -2.01. The van der Waals surface area contributed by atoms with Crippen LogP contribution < -0.4 is 4.72 Å². The predicted molar refractivity (Wildman–Crippen MR) is 114 cm³/mol. The number of unbranched alkanes of at least 4 members (excludes halogenated alkanes) is 3. The van der Waals surface area contributed by atoms with Crippen LogP contribution in [0.1, 0.15) is 58.4 Å². The Balaban J connectivity index is 2.30. The summed E-state index contributed by atoms with van der Waals surface area (Å²) in [4.78, 5) is 0. The number of hydrogen-bond donors (Lipinski definition) is 2. The summed E-state index contributed by atoms with van der Waals surface area (Å²) in [5, 5.41) is 10.7. The van der Waals surface area contributed by atoms with Crippen molar-refractivity contribution in [1.29, 1.82) is 0 Å². The Kier molecular flexibility index (Phi) is 6.93. The molecule has 4 nitrogen and oxygen atoms in total. The van der Waals surface area contributed by atoms with E-state index >= 15 is 0 Å². The normalized spacial score (nSPS) is 12.1. The summed E-state index contributed by atoms with van der Waals surface area (Å²) in [5.41, 5.74) is 2.81. The van der Waals surface area contributed by atoms with Crippen molar-refractivity contribution in [2.24, 2.45) is 0 Å². The van der Waals surface area contributed by atoms with E-state index in [1.165, 1.54) is 25.7 Å². The van der Waals surface area contributed by atoms with Crippen molar-refractivity contribution in [2.75, 3.05) is 11.0 Å². The molecule has 5 heteroatoms. The van der Waals surface area contributed by atoms with Crippen molar-refractivity contribution in [3.63, 3.8) is 0 Å². The number of benzene rings is 2. The van der Waals surface area contributed by atoms with Crippen molar-refractivity contribution in [2.45, 2.75) is 58.3 Å². The number of nitrogens with one attached hydrogen (secondary N) is 1. The maximum atomic E-state index is 11.6. The zero-order chi connectivity index (χ0) is 20.1. The third-order valence-electron chi connectivity index (χ3n) is 4.95. The second-order valence-electron chi connectivity index (χ2n) is 7.85. The van der Waals surface area contributed by atoms with Gasteiger partial charge < -0.3 is 5.11 Å². The number of hydrogen-bond acceptors (Lipinski definition) is 3. The fraction of sp³-hybridized carbons (Fsp3) is 0.455. The van der Waals surface area contributed by atoms with Gasteiger partial charge >= 0.3 is 0 Å². The van der Waals surface area contributed by atoms with Crippen LogP contribution in [-0.4, -0.2) is 19.8 Å². The molecule has 0 aromatic heterocycles. The molecule has 0 bridgehead atoms. The highest BCUT2D eigenvalue weighted by Gasteiger charge is 2.22. The van der Waals surface area contributed by atoms with Gasteiger partial charge in [0.05, 0.1) is 11.9 Å². The number of aromatic hydroxyl groups is 1. The average Bonchev–Trinajstić information content (AvgIpc) is 2.58. The largest absolute Gasteiger partial charge is 0.507 e. The molecule has 2 N–H and O–H groups in total. The Morgan fingerprint density at radius 3 is 2.33 bits per heavy atom. The topological polar surface area (TPSA) is 66.4 Å². The molecule has 0 fully saturated rings. The minimum Gasteiger partial charge on any atom is -0.507 e. The van der Waals surface area contributed by atoms with E-state index in [9.17, 15) is 13.5 Å². The SMILES string of the molecule is CCCCCCC(C)(C)c1ccc(-c2ccccc2NS(C)(=O)=O)c(O)c1. The highest BCUT2D eigenvalue weighted by atomic mass is 32.2. The molecule has 2 rings (SSSR count). The quantitative estimate of drug-likeness (QED) is 0.542. The molecular weight excluding hydrogens is 358 g/mol. The highest BCUT2D eigenvalue weighted by Crippen LogP contribution is 2.39. The Bertz CT molecular complexity index is 873. The van der Waals surface area contributed by atoms with Gasteiger partial charge in [0.25, 0.3) is 0 Å². The molecule has 0 aliphatic rings. The van der Waals surface area contributed by atoms with Gasteiger partial charge in [0.2, 0.25) is 10.0 Å². The summed E-state index contributed by atoms with van der Waals surface area (Å²) in [6.07, 6.45) is 7.06. The van der Waals surface area contributed by atoms with Crippen LogP contribution in [0.2, 0.25) is 0 Å². The lowest BCUT2D eigenvalue weighted by atomic mass is 9.79. The molecule has 0 amide bonds. The molecule has 0 saturated carbocycles. The lowest BCUT2D eigenvalue weighted by Gasteiger charge is -2.26. The van der Waals surface area contributed by atoms with Crippen LogP contribution in [0, 0.1) is 0 Å². The van der Waals surface area contributed by atoms with E-state index in [1.54, 1.807) is 18.2 Å². The number of rotatable bonds is 9. The molecular formula is C22H31NO3S. The van der Waals surface area contributed by atoms with E-state index in [-0.39, 0.29) is 11.2 Å². The average molecular weight is 390 g/mol. The Morgan fingerprint density at radius 2 is 1.70 bits per heavy atom. The van der Waals surface area contributed by atoms with Crippen molar-refractivity contribution in [1.82, 2.24) is 0 Å². The second-order valence-corrected chi connectivity index (χ2v) is 9.59. The first-order valence-corrected chi connectivity index (χ1v) is 11.4. The van der Waals surface area contributed by atoms with Gasteiger partial charge in [0.15, 0.2) is 0 Å². The van der Waals surface area contributed by atoms with E-state index in [4.69, 9.17) is 0 Å². The first kappa shape index (κ1) is 21.3. The summed E-state index contributed by atoms with van der Waals surface area (Å²) in [6.45, 7) is 6.61. The molecule has 0 radical (unpaired) electrons. The lowest BCUT2D eigenvalue weighted by molar-refractivity contribution is 0.438. The molecule has 0 aliphatic heterocycles. The monoisotopic (exact) mass is 389 g/mol. The van der Waals surface area contributed by atoms with Crippen LogP contribution >= 0.6 is 0 Å². The van der Waals surface area contributed by atoms with Crippen molar-refractivity contribution >= 4 is 15.7 Å². The molecule has 27 heavy (non-hydrogen) atoms. The van der Waals surface area contributed by atoms with Crippen LogP contribution in [0.25, 0.3) is 11.1 Å². The van der Waals surface area contributed by atoms with Gasteiger partial charge in [0, 0.05) is 11.1 Å². The third kappa shape index (κ3) is 5.99. The van der Waals surface area contributed by atoms with Gasteiger partial charge in [-0.1, -0.05) is 76.8 Å². The zero-order valence-corrected chi connectivity index (χ0v) is 17.6. The minimum absolute atomic E-state index is 0.0196. The summed E-state index contributed by atoms with van der Waals surface area (Å²) in [5.74, 6) is 0.164. The van der Waals surface area contributed by atoms with Crippen molar-refractivity contribution < 1.29 is 13.5 Å². The summed E-state index contributed by atoms with van der Waals surface area (Å²) in [7, 11) is -3.40. The molecule has 0 saturated heterocycles. The molecule has 0 aliphatic carbocycles. The van der Waals surface area contributed by atoms with Gasteiger partial charge in [-0.3, -0.25) is 4.72 Å². The van der Waals surface area contributed by atoms with Crippen molar-refractivity contribution in [3.05, 3.63) is 48.0 Å². The molecule has 0 atom stereocenters. The van der Waals surface area contributed by atoms with Gasteiger partial charge in [0.1, 0.15) is 5.75 Å². The van der Waals surface area contributed by atoms with Crippen LogP contribution in [0.5, 0.6) is 5.75 Å².